The van der Waals surface area contributed by atoms with E-state index in [-0.39, 0.29) is 64.6 Å². The lowest BCUT2D eigenvalue weighted by atomic mass is 9.98. The Morgan fingerprint density at radius 1 is 1.10 bits per heavy atom. The van der Waals surface area contributed by atoms with Gasteiger partial charge in [-0.05, 0) is 41.8 Å². The average Bonchev–Trinajstić information content (AvgIpc) is 3.48. The van der Waals surface area contributed by atoms with Crippen molar-refractivity contribution in [3.8, 4) is 28.3 Å². The summed E-state index contributed by atoms with van der Waals surface area (Å²) in [5.41, 5.74) is 1.03. The zero-order valence-electron chi connectivity index (χ0n) is 22.8. The number of alkyl halides is 2. The van der Waals surface area contributed by atoms with Crippen molar-refractivity contribution in [3.63, 3.8) is 0 Å². The Morgan fingerprint density at radius 3 is 2.50 bits per heavy atom. The van der Waals surface area contributed by atoms with Crippen molar-refractivity contribution in [1.82, 2.24) is 25.1 Å². The number of rotatable bonds is 12. The van der Waals surface area contributed by atoms with Crippen LogP contribution in [0.3, 0.4) is 0 Å². The fourth-order valence-electron chi connectivity index (χ4n) is 4.30. The minimum atomic E-state index is -2.97. The van der Waals surface area contributed by atoms with Crippen molar-refractivity contribution in [2.75, 3.05) is 27.9 Å². The summed E-state index contributed by atoms with van der Waals surface area (Å²) in [4.78, 5) is 42.8. The third kappa shape index (κ3) is 6.69. The van der Waals surface area contributed by atoms with Gasteiger partial charge >= 0.3 is 6.43 Å². The second-order valence-electron chi connectivity index (χ2n) is 9.01. The van der Waals surface area contributed by atoms with Gasteiger partial charge in [0.15, 0.2) is 5.78 Å². The first-order valence-electron chi connectivity index (χ1n) is 12.6. The van der Waals surface area contributed by atoms with Crippen molar-refractivity contribution < 1.29 is 32.3 Å². The Hall–Kier alpha value is -4.49. The molecular formula is C28H26ClF2N5O6. The van der Waals surface area contributed by atoms with E-state index in [1.807, 2.05) is 0 Å². The fourth-order valence-corrected chi connectivity index (χ4v) is 4.47. The summed E-state index contributed by atoms with van der Waals surface area (Å²) in [6, 6.07) is 7.97. The number of ether oxygens (including phenoxy) is 2. The van der Waals surface area contributed by atoms with E-state index in [0.717, 1.165) is 0 Å². The molecule has 1 N–H and O–H groups in total. The predicted octanol–water partition coefficient (Wildman–Crippen LogP) is 4.31. The lowest BCUT2D eigenvalue weighted by Crippen LogP contribution is -2.31. The predicted molar refractivity (Wildman–Crippen MR) is 148 cm³/mol. The molecule has 4 rings (SSSR count). The number of aromatic nitrogens is 4. The van der Waals surface area contributed by atoms with Gasteiger partial charge < -0.3 is 23.8 Å². The minimum absolute atomic E-state index is 0.0615. The largest absolute Gasteiger partial charge is 0.495 e. The molecule has 1 atom stereocenters. The van der Waals surface area contributed by atoms with Crippen molar-refractivity contribution in [2.24, 2.45) is 0 Å². The summed E-state index contributed by atoms with van der Waals surface area (Å²) < 4.78 is 43.3. The monoisotopic (exact) mass is 601 g/mol. The second kappa shape index (κ2) is 13.4. The molecule has 0 aliphatic carbocycles. The molecule has 0 radical (unpaired) electrons. The molecule has 1 amide bonds. The summed E-state index contributed by atoms with van der Waals surface area (Å²) in [7, 11) is 4.35. The zero-order chi connectivity index (χ0) is 30.4. The summed E-state index contributed by atoms with van der Waals surface area (Å²) >= 11 is 6.24. The molecule has 0 aliphatic rings. The highest BCUT2D eigenvalue weighted by Gasteiger charge is 2.26. The maximum absolute atomic E-state index is 13.5. The summed E-state index contributed by atoms with van der Waals surface area (Å²) in [6.07, 6.45) is -0.0195. The van der Waals surface area contributed by atoms with Crippen LogP contribution in [0.2, 0.25) is 5.02 Å². The van der Waals surface area contributed by atoms with Gasteiger partial charge in [-0.2, -0.15) is 8.78 Å². The van der Waals surface area contributed by atoms with Crippen molar-refractivity contribution in [1.29, 1.82) is 0 Å². The lowest BCUT2D eigenvalue weighted by molar-refractivity contribution is -0.122. The lowest BCUT2D eigenvalue weighted by Gasteiger charge is -2.21. The number of carbonyl (C=O) groups excluding carboxylic acids is 2. The van der Waals surface area contributed by atoms with Crippen LogP contribution in [-0.2, 0) is 16.0 Å². The van der Waals surface area contributed by atoms with E-state index in [1.165, 1.54) is 68.6 Å². The van der Waals surface area contributed by atoms with E-state index in [4.69, 9.17) is 25.5 Å². The van der Waals surface area contributed by atoms with Crippen LogP contribution in [0.1, 0.15) is 40.8 Å². The molecule has 0 saturated carbocycles. The van der Waals surface area contributed by atoms with Crippen molar-refractivity contribution >= 4 is 23.3 Å². The van der Waals surface area contributed by atoms with Gasteiger partial charge in [0.1, 0.15) is 11.4 Å². The number of carbonyl (C=O) groups is 2. The number of hydrogen-bond acceptors (Lipinski definition) is 9. The van der Waals surface area contributed by atoms with Gasteiger partial charge in [0.05, 0.1) is 19.3 Å². The van der Waals surface area contributed by atoms with Gasteiger partial charge in [-0.3, -0.25) is 19.4 Å². The van der Waals surface area contributed by atoms with Crippen LogP contribution >= 0.6 is 11.6 Å². The molecule has 42 heavy (non-hydrogen) atoms. The molecular weight excluding hydrogens is 576 g/mol. The fraction of sp³-hybridized carbons (Fsp3) is 0.286. The third-order valence-corrected chi connectivity index (χ3v) is 6.59. The van der Waals surface area contributed by atoms with Crippen LogP contribution < -0.4 is 15.6 Å². The number of pyridine rings is 2. The molecule has 0 spiro atoms. The van der Waals surface area contributed by atoms with E-state index in [1.54, 1.807) is 6.07 Å². The first kappa shape index (κ1) is 30.5. The van der Waals surface area contributed by atoms with Crippen LogP contribution in [0.5, 0.6) is 5.75 Å². The van der Waals surface area contributed by atoms with Gasteiger partial charge in [-0.1, -0.05) is 17.7 Å². The Morgan fingerprint density at radius 2 is 1.88 bits per heavy atom. The van der Waals surface area contributed by atoms with Gasteiger partial charge in [-0.15, -0.1) is 10.2 Å². The summed E-state index contributed by atoms with van der Waals surface area (Å²) in [5.74, 6) is -1.52. The molecule has 0 fully saturated rings. The number of methoxy groups -OCH3 is 2. The first-order valence-corrected chi connectivity index (χ1v) is 12.9. The molecule has 0 bridgehead atoms. The molecule has 4 aromatic rings. The molecule has 1 aromatic carbocycles. The van der Waals surface area contributed by atoms with E-state index in [2.05, 4.69) is 20.5 Å². The Labute approximate surface area is 243 Å². The normalized spacial score (nSPS) is 11.9. The smallest absolute Gasteiger partial charge is 0.314 e. The van der Waals surface area contributed by atoms with Crippen LogP contribution in [0.4, 0.5) is 8.78 Å². The number of benzene rings is 1. The van der Waals surface area contributed by atoms with Gasteiger partial charge in [-0.25, -0.2) is 0 Å². The van der Waals surface area contributed by atoms with Crippen LogP contribution in [0, 0.1) is 0 Å². The topological polar surface area (TPSA) is 138 Å². The maximum Gasteiger partial charge on any atom is 0.314 e. The molecule has 220 valence electrons. The molecule has 0 saturated heterocycles. The highest BCUT2D eigenvalue weighted by Crippen LogP contribution is 2.38. The summed E-state index contributed by atoms with van der Waals surface area (Å²) in [5, 5.41) is 9.86. The highest BCUT2D eigenvalue weighted by atomic mass is 35.5. The van der Waals surface area contributed by atoms with E-state index >= 15 is 0 Å². The van der Waals surface area contributed by atoms with Crippen LogP contribution in [0.25, 0.3) is 22.6 Å². The summed E-state index contributed by atoms with van der Waals surface area (Å²) in [6.45, 7) is 0.183. The number of ketones is 1. The van der Waals surface area contributed by atoms with Crippen LogP contribution in [0.15, 0.2) is 58.0 Å². The zero-order valence-corrected chi connectivity index (χ0v) is 23.5. The van der Waals surface area contributed by atoms with Crippen molar-refractivity contribution in [3.05, 3.63) is 81.3 Å². The van der Waals surface area contributed by atoms with Gasteiger partial charge in [0, 0.05) is 55.6 Å². The number of nitrogens with one attached hydrogen (secondary N) is 1. The second-order valence-corrected chi connectivity index (χ2v) is 9.44. The van der Waals surface area contributed by atoms with E-state index in [9.17, 15) is 23.2 Å². The van der Waals surface area contributed by atoms with E-state index in [0.29, 0.717) is 11.1 Å². The minimum Gasteiger partial charge on any atom is -0.495 e. The Balaban J connectivity index is 1.74. The number of nitrogens with zero attached hydrogens (tertiary/aromatic N) is 4. The first-order chi connectivity index (χ1) is 20.2. The maximum atomic E-state index is 13.5. The molecule has 0 aliphatic heterocycles. The Kier molecular flexibility index (Phi) is 9.76. The SMILES string of the molecule is CNC(=O)c1ccc(CC(=O)C(CCOC)n2cc(OC)c(-c3cc(Cl)ccc3-c3nnc(C(F)F)o3)cc2=O)cn1. The molecule has 11 nitrogen and oxygen atoms in total. The molecule has 3 heterocycles. The van der Waals surface area contributed by atoms with Crippen molar-refractivity contribution in [2.45, 2.75) is 25.3 Å². The number of Topliss-reactive ketones (excluding diaryl/α,β-unsaturated/α-hetero) is 1. The van der Waals surface area contributed by atoms with E-state index < -0.39 is 23.9 Å². The highest BCUT2D eigenvalue weighted by molar-refractivity contribution is 6.31. The Bertz CT molecular complexity index is 1640. The molecule has 1 unspecified atom stereocenters. The molecule has 14 heteroatoms. The standard InChI is InChI=1S/C28H26ClF2N5O6/c1-32-26(39)20-7-4-15(13-33-20)10-22(37)21(8-9-40-2)36-14-23(41-3)19(12-24(36)38)18-11-16(29)5-6-17(18)27-34-35-28(42-27)25(30)31/h4-7,11-14,21,25H,8-10H2,1-3H3,(H,32,39). The third-order valence-electron chi connectivity index (χ3n) is 6.36. The average molecular weight is 602 g/mol. The number of hydrogen-bond donors (Lipinski definition) is 1. The van der Waals surface area contributed by atoms with Crippen LogP contribution in [-0.4, -0.2) is 59.3 Å². The molecule has 3 aromatic heterocycles. The van der Waals surface area contributed by atoms with Gasteiger partial charge in [0.2, 0.25) is 5.89 Å². The quantitative estimate of drug-likeness (QED) is 0.252. The van der Waals surface area contributed by atoms with Gasteiger partial charge in [0.25, 0.3) is 17.4 Å². The number of amides is 1. The number of halogens is 3.